The molecule has 2 aromatic carbocycles. The van der Waals surface area contributed by atoms with Crippen LogP contribution in [0.4, 0.5) is 0 Å². The van der Waals surface area contributed by atoms with Crippen LogP contribution in [0.25, 0.3) is 10.9 Å². The molecule has 1 saturated heterocycles. The zero-order valence-electron chi connectivity index (χ0n) is 19.4. The van der Waals surface area contributed by atoms with E-state index in [0.717, 1.165) is 38.0 Å². The number of hydrogen-bond donors (Lipinski definition) is 1. The lowest BCUT2D eigenvalue weighted by molar-refractivity contribution is -0.127. The van der Waals surface area contributed by atoms with Gasteiger partial charge in [-0.2, -0.15) is 0 Å². The number of hydrogen-bond acceptors (Lipinski definition) is 4. The molecular weight excluding hydrogens is 402 g/mol. The molecule has 1 fully saturated rings. The zero-order chi connectivity index (χ0) is 22.7. The van der Waals surface area contributed by atoms with Crippen molar-refractivity contribution in [1.29, 1.82) is 0 Å². The molecule has 1 amide bonds. The summed E-state index contributed by atoms with van der Waals surface area (Å²) in [6.45, 7) is 4.81. The Bertz CT molecular complexity index is 1080. The molecule has 4 rings (SSSR count). The number of amides is 1. The van der Waals surface area contributed by atoms with Gasteiger partial charge >= 0.3 is 0 Å². The number of rotatable bonds is 7. The first-order valence-corrected chi connectivity index (χ1v) is 11.3. The number of piperidine rings is 1. The topological polar surface area (TPSA) is 55.7 Å². The van der Waals surface area contributed by atoms with Crippen molar-refractivity contribution in [2.24, 2.45) is 13.0 Å². The Balaban J connectivity index is 1.32. The van der Waals surface area contributed by atoms with E-state index in [9.17, 15) is 4.79 Å². The van der Waals surface area contributed by atoms with Crippen LogP contribution in [0.2, 0.25) is 0 Å². The molecule has 1 N–H and O–H groups in total. The van der Waals surface area contributed by atoms with E-state index >= 15 is 0 Å². The predicted molar refractivity (Wildman–Crippen MR) is 127 cm³/mol. The number of aryl methyl sites for hydroxylation is 1. The highest BCUT2D eigenvalue weighted by atomic mass is 16.5. The van der Waals surface area contributed by atoms with E-state index < -0.39 is 0 Å². The number of ether oxygens (including phenoxy) is 2. The fraction of sp³-hybridized carbons (Fsp3) is 0.423. The number of likely N-dealkylation sites (tertiary alicyclic amines) is 1. The normalized spacial score (nSPS) is 16.1. The molecular formula is C26H33N3O3. The number of aromatic nitrogens is 1. The van der Waals surface area contributed by atoms with Crippen LogP contribution < -0.4 is 14.8 Å². The van der Waals surface area contributed by atoms with Gasteiger partial charge in [-0.1, -0.05) is 24.3 Å². The molecule has 0 radical (unpaired) electrons. The van der Waals surface area contributed by atoms with Crippen molar-refractivity contribution in [1.82, 2.24) is 14.8 Å². The highest BCUT2D eigenvalue weighted by Crippen LogP contribution is 2.30. The molecule has 0 aliphatic carbocycles. The Morgan fingerprint density at radius 3 is 2.53 bits per heavy atom. The molecule has 1 aromatic heterocycles. The summed E-state index contributed by atoms with van der Waals surface area (Å²) in [4.78, 5) is 15.4. The summed E-state index contributed by atoms with van der Waals surface area (Å²) in [6.07, 6.45) is 4.00. The molecule has 0 bridgehead atoms. The smallest absolute Gasteiger partial charge is 0.223 e. The number of fused-ring (bicyclic) bond motifs is 1. The van der Waals surface area contributed by atoms with Crippen LogP contribution in [0.15, 0.2) is 48.7 Å². The second-order valence-electron chi connectivity index (χ2n) is 8.68. The van der Waals surface area contributed by atoms with Gasteiger partial charge in [-0.3, -0.25) is 9.69 Å². The standard InChI is InChI=1S/C26H33N3O3/c1-18(20-9-10-24(31-3)25(15-20)32-4)27-26(30)19-11-13-29(14-12-19)17-21-16-28(2)23-8-6-5-7-22(21)23/h5-10,15-16,18-19H,11-14,17H2,1-4H3,(H,27,30)/t18-/m1/s1. The number of nitrogens with zero attached hydrogens (tertiary/aromatic N) is 2. The van der Waals surface area contributed by atoms with Crippen LogP contribution in [0.1, 0.15) is 36.9 Å². The third-order valence-corrected chi connectivity index (χ3v) is 6.60. The molecule has 1 atom stereocenters. The number of benzene rings is 2. The molecule has 1 aliphatic heterocycles. The first-order valence-electron chi connectivity index (χ1n) is 11.3. The Morgan fingerprint density at radius 1 is 1.09 bits per heavy atom. The summed E-state index contributed by atoms with van der Waals surface area (Å²) in [7, 11) is 5.34. The largest absolute Gasteiger partial charge is 0.493 e. The fourth-order valence-corrected chi connectivity index (χ4v) is 4.68. The fourth-order valence-electron chi connectivity index (χ4n) is 4.68. The van der Waals surface area contributed by atoms with E-state index in [1.54, 1.807) is 14.2 Å². The van der Waals surface area contributed by atoms with Crippen molar-refractivity contribution >= 4 is 16.8 Å². The van der Waals surface area contributed by atoms with E-state index in [1.165, 1.54) is 16.5 Å². The molecule has 32 heavy (non-hydrogen) atoms. The molecule has 6 heteroatoms. The minimum absolute atomic E-state index is 0.0568. The highest BCUT2D eigenvalue weighted by molar-refractivity contribution is 5.83. The first kappa shape index (κ1) is 22.2. The lowest BCUT2D eigenvalue weighted by Gasteiger charge is -2.31. The summed E-state index contributed by atoms with van der Waals surface area (Å²) in [5, 5.41) is 4.51. The third-order valence-electron chi connectivity index (χ3n) is 6.60. The van der Waals surface area contributed by atoms with Gasteiger partial charge in [0.2, 0.25) is 5.91 Å². The Labute approximate surface area is 190 Å². The maximum atomic E-state index is 12.9. The number of methoxy groups -OCH3 is 2. The molecule has 3 aromatic rings. The molecule has 2 heterocycles. The quantitative estimate of drug-likeness (QED) is 0.602. The summed E-state index contributed by atoms with van der Waals surface area (Å²) < 4.78 is 12.9. The Morgan fingerprint density at radius 2 is 1.81 bits per heavy atom. The van der Waals surface area contributed by atoms with Crippen LogP contribution in [0.5, 0.6) is 11.5 Å². The molecule has 1 aliphatic rings. The number of nitrogens with one attached hydrogen (secondary N) is 1. The van der Waals surface area contributed by atoms with Gasteiger partial charge in [-0.05, 0) is 62.2 Å². The van der Waals surface area contributed by atoms with Crippen LogP contribution >= 0.6 is 0 Å². The van der Waals surface area contributed by atoms with Crippen molar-refractivity contribution < 1.29 is 14.3 Å². The van der Waals surface area contributed by atoms with E-state index in [1.807, 2.05) is 25.1 Å². The van der Waals surface area contributed by atoms with Gasteiger partial charge in [-0.15, -0.1) is 0 Å². The van der Waals surface area contributed by atoms with Gasteiger partial charge < -0.3 is 19.4 Å². The van der Waals surface area contributed by atoms with E-state index in [0.29, 0.717) is 11.5 Å². The lowest BCUT2D eigenvalue weighted by Crippen LogP contribution is -2.40. The van der Waals surface area contributed by atoms with Gasteiger partial charge in [0.05, 0.1) is 20.3 Å². The Kier molecular flexibility index (Phi) is 6.70. The molecule has 6 nitrogen and oxygen atoms in total. The highest BCUT2D eigenvalue weighted by Gasteiger charge is 2.26. The Hall–Kier alpha value is -2.99. The summed E-state index contributed by atoms with van der Waals surface area (Å²) in [6, 6.07) is 14.2. The average Bonchev–Trinajstić information content (AvgIpc) is 3.14. The van der Waals surface area contributed by atoms with Crippen LogP contribution in [-0.2, 0) is 18.4 Å². The first-order chi connectivity index (χ1) is 15.5. The SMILES string of the molecule is COc1ccc([C@@H](C)NC(=O)C2CCN(Cc3cn(C)c4ccccc34)CC2)cc1OC. The minimum atomic E-state index is -0.0870. The summed E-state index contributed by atoms with van der Waals surface area (Å²) in [5.74, 6) is 1.56. The minimum Gasteiger partial charge on any atom is -0.493 e. The molecule has 0 saturated carbocycles. The van der Waals surface area contributed by atoms with Gasteiger partial charge in [0.1, 0.15) is 0 Å². The van der Waals surface area contributed by atoms with Crippen molar-refractivity contribution in [3.8, 4) is 11.5 Å². The maximum absolute atomic E-state index is 12.9. The van der Waals surface area contributed by atoms with Crippen LogP contribution in [-0.4, -0.2) is 42.7 Å². The third kappa shape index (κ3) is 4.60. The monoisotopic (exact) mass is 435 g/mol. The van der Waals surface area contributed by atoms with Gasteiger partial charge in [0, 0.05) is 36.6 Å². The zero-order valence-corrected chi connectivity index (χ0v) is 19.4. The maximum Gasteiger partial charge on any atom is 0.223 e. The predicted octanol–water partition coefficient (Wildman–Crippen LogP) is 4.28. The van der Waals surface area contributed by atoms with Crippen molar-refractivity contribution in [3.63, 3.8) is 0 Å². The number of para-hydroxylation sites is 1. The second-order valence-corrected chi connectivity index (χ2v) is 8.68. The van der Waals surface area contributed by atoms with Gasteiger partial charge in [-0.25, -0.2) is 0 Å². The lowest BCUT2D eigenvalue weighted by atomic mass is 9.94. The molecule has 170 valence electrons. The average molecular weight is 436 g/mol. The van der Waals surface area contributed by atoms with Crippen LogP contribution in [0, 0.1) is 5.92 Å². The van der Waals surface area contributed by atoms with Crippen molar-refractivity contribution in [2.75, 3.05) is 27.3 Å². The molecule has 0 spiro atoms. The summed E-state index contributed by atoms with van der Waals surface area (Å²) >= 11 is 0. The van der Waals surface area contributed by atoms with E-state index in [-0.39, 0.29) is 17.9 Å². The van der Waals surface area contributed by atoms with Crippen LogP contribution in [0.3, 0.4) is 0 Å². The van der Waals surface area contributed by atoms with E-state index in [4.69, 9.17) is 9.47 Å². The second kappa shape index (κ2) is 9.65. The van der Waals surface area contributed by atoms with Gasteiger partial charge in [0.15, 0.2) is 11.5 Å². The van der Waals surface area contributed by atoms with Crippen molar-refractivity contribution in [3.05, 3.63) is 59.8 Å². The van der Waals surface area contributed by atoms with E-state index in [2.05, 4.69) is 52.3 Å². The van der Waals surface area contributed by atoms with Crippen molar-refractivity contribution in [2.45, 2.75) is 32.4 Å². The number of carbonyl (C=O) groups excluding carboxylic acids is 1. The number of carbonyl (C=O) groups is 1. The molecule has 0 unspecified atom stereocenters. The van der Waals surface area contributed by atoms with Gasteiger partial charge in [0.25, 0.3) is 0 Å². The summed E-state index contributed by atoms with van der Waals surface area (Å²) in [5.41, 5.74) is 3.62.